The van der Waals surface area contributed by atoms with E-state index >= 15 is 0 Å². The molecular formula is C17H22N2O6. The molecule has 0 saturated carbocycles. The van der Waals surface area contributed by atoms with E-state index in [0.717, 1.165) is 24.4 Å². The quantitative estimate of drug-likeness (QED) is 0.827. The molecule has 3 rings (SSSR count). The van der Waals surface area contributed by atoms with Gasteiger partial charge >= 0.3 is 0 Å². The molecule has 0 spiro atoms. The van der Waals surface area contributed by atoms with Crippen LogP contribution in [0.15, 0.2) is 24.5 Å². The first-order valence-corrected chi connectivity index (χ1v) is 7.69. The molecular weight excluding hydrogens is 328 g/mol. The molecule has 8 nitrogen and oxygen atoms in total. The number of ether oxygens (including phenoxy) is 4. The van der Waals surface area contributed by atoms with E-state index in [1.165, 1.54) is 0 Å². The molecule has 2 aromatic rings. The number of hydrogen-bond acceptors (Lipinski definition) is 6. The average molecular weight is 350 g/mol. The molecule has 0 radical (unpaired) electrons. The maximum Gasteiger partial charge on any atom is 0.290 e. The number of imidazole rings is 1. The van der Waals surface area contributed by atoms with Crippen molar-refractivity contribution in [1.29, 1.82) is 0 Å². The summed E-state index contributed by atoms with van der Waals surface area (Å²) in [4.78, 5) is 12.9. The first-order chi connectivity index (χ1) is 12.2. The summed E-state index contributed by atoms with van der Waals surface area (Å²) in [5.74, 6) is 2.66. The SMILES string of the molecule is COc1ccc(-c2nccn2C2CCOC2)c(OC)c1OC.O=CO. The zero-order valence-electron chi connectivity index (χ0n) is 14.5. The topological polar surface area (TPSA) is 92.0 Å². The van der Waals surface area contributed by atoms with Crippen molar-refractivity contribution in [3.63, 3.8) is 0 Å². The maximum absolute atomic E-state index is 8.36. The molecule has 1 unspecified atom stereocenters. The molecule has 8 heteroatoms. The summed E-state index contributed by atoms with van der Waals surface area (Å²) in [6.45, 7) is 1.24. The average Bonchev–Trinajstić information content (AvgIpc) is 3.31. The van der Waals surface area contributed by atoms with Gasteiger partial charge in [0.15, 0.2) is 11.5 Å². The highest BCUT2D eigenvalue weighted by Gasteiger charge is 2.24. The monoisotopic (exact) mass is 350 g/mol. The molecule has 1 N–H and O–H groups in total. The summed E-state index contributed by atoms with van der Waals surface area (Å²) >= 11 is 0. The van der Waals surface area contributed by atoms with Crippen LogP contribution in [-0.2, 0) is 9.53 Å². The second-order valence-corrected chi connectivity index (χ2v) is 5.16. The first-order valence-electron chi connectivity index (χ1n) is 7.69. The highest BCUT2D eigenvalue weighted by molar-refractivity contribution is 5.72. The molecule has 1 fully saturated rings. The van der Waals surface area contributed by atoms with Gasteiger partial charge in [0.25, 0.3) is 6.47 Å². The predicted octanol–water partition coefficient (Wildman–Crippen LogP) is 2.24. The third-order valence-corrected chi connectivity index (χ3v) is 3.91. The van der Waals surface area contributed by atoms with Crippen molar-refractivity contribution in [2.75, 3.05) is 34.5 Å². The Morgan fingerprint density at radius 2 is 1.96 bits per heavy atom. The standard InChI is InChI=1S/C16H20N2O4.CH2O2/c1-19-13-5-4-12(14(20-2)15(13)21-3)16-17-7-8-18(16)11-6-9-22-10-11;2-1-3/h4-5,7-8,11H,6,9-10H2,1-3H3;1H,(H,2,3). The van der Waals surface area contributed by atoms with Crippen LogP contribution in [0.4, 0.5) is 0 Å². The van der Waals surface area contributed by atoms with E-state index in [9.17, 15) is 0 Å². The zero-order valence-corrected chi connectivity index (χ0v) is 14.5. The van der Waals surface area contributed by atoms with Gasteiger partial charge in [-0.05, 0) is 18.6 Å². The van der Waals surface area contributed by atoms with Crippen LogP contribution >= 0.6 is 0 Å². The van der Waals surface area contributed by atoms with Gasteiger partial charge in [0.2, 0.25) is 5.75 Å². The fraction of sp³-hybridized carbons (Fsp3) is 0.412. The smallest absolute Gasteiger partial charge is 0.290 e. The Bertz CT molecular complexity index is 694. The van der Waals surface area contributed by atoms with Crippen LogP contribution in [0.25, 0.3) is 11.4 Å². The summed E-state index contributed by atoms with van der Waals surface area (Å²) in [6, 6.07) is 4.10. The van der Waals surface area contributed by atoms with Gasteiger partial charge in [0, 0.05) is 19.0 Å². The second kappa shape index (κ2) is 8.93. The third-order valence-electron chi connectivity index (χ3n) is 3.91. The van der Waals surface area contributed by atoms with Gasteiger partial charge < -0.3 is 28.6 Å². The van der Waals surface area contributed by atoms with Crippen molar-refractivity contribution in [3.05, 3.63) is 24.5 Å². The molecule has 1 aliphatic heterocycles. The highest BCUT2D eigenvalue weighted by atomic mass is 16.5. The van der Waals surface area contributed by atoms with Crippen LogP contribution in [0, 0.1) is 0 Å². The molecule has 1 aliphatic rings. The number of nitrogens with zero attached hydrogens (tertiary/aromatic N) is 2. The zero-order chi connectivity index (χ0) is 18.2. The number of hydrogen-bond donors (Lipinski definition) is 1. The summed E-state index contributed by atoms with van der Waals surface area (Å²) < 4.78 is 24.0. The molecule has 0 aliphatic carbocycles. The van der Waals surface area contributed by atoms with E-state index < -0.39 is 0 Å². The van der Waals surface area contributed by atoms with E-state index in [4.69, 9.17) is 28.8 Å². The normalized spacial score (nSPS) is 15.9. The summed E-state index contributed by atoms with van der Waals surface area (Å²) in [7, 11) is 4.82. The molecule has 25 heavy (non-hydrogen) atoms. The lowest BCUT2D eigenvalue weighted by Gasteiger charge is -2.18. The molecule has 2 heterocycles. The molecule has 0 amide bonds. The number of rotatable bonds is 5. The minimum atomic E-state index is -0.250. The van der Waals surface area contributed by atoms with E-state index in [1.807, 2.05) is 18.3 Å². The lowest BCUT2D eigenvalue weighted by molar-refractivity contribution is -0.122. The van der Waals surface area contributed by atoms with Crippen LogP contribution in [0.1, 0.15) is 12.5 Å². The van der Waals surface area contributed by atoms with Crippen LogP contribution < -0.4 is 14.2 Å². The predicted molar refractivity (Wildman–Crippen MR) is 90.5 cm³/mol. The van der Waals surface area contributed by atoms with E-state index in [0.29, 0.717) is 29.9 Å². The van der Waals surface area contributed by atoms with Crippen molar-refractivity contribution in [3.8, 4) is 28.6 Å². The number of methoxy groups -OCH3 is 3. The molecule has 1 atom stereocenters. The Morgan fingerprint density at radius 3 is 2.52 bits per heavy atom. The Balaban J connectivity index is 0.000000701. The maximum atomic E-state index is 8.36. The van der Waals surface area contributed by atoms with E-state index in [2.05, 4.69) is 9.55 Å². The molecule has 1 saturated heterocycles. The van der Waals surface area contributed by atoms with Gasteiger partial charge in [-0.3, -0.25) is 4.79 Å². The van der Waals surface area contributed by atoms with Crippen molar-refractivity contribution in [2.45, 2.75) is 12.5 Å². The lowest BCUT2D eigenvalue weighted by Crippen LogP contribution is -2.10. The van der Waals surface area contributed by atoms with Gasteiger partial charge in [-0.25, -0.2) is 4.98 Å². The largest absolute Gasteiger partial charge is 0.493 e. The van der Waals surface area contributed by atoms with Crippen molar-refractivity contribution < 1.29 is 28.8 Å². The Labute approximate surface area is 145 Å². The molecule has 1 aromatic carbocycles. The summed E-state index contributed by atoms with van der Waals surface area (Å²) in [5.41, 5.74) is 0.872. The Hall–Kier alpha value is -2.74. The summed E-state index contributed by atoms with van der Waals surface area (Å²) in [6.07, 6.45) is 4.76. The Morgan fingerprint density at radius 1 is 1.24 bits per heavy atom. The summed E-state index contributed by atoms with van der Waals surface area (Å²) in [5, 5.41) is 6.89. The van der Waals surface area contributed by atoms with Gasteiger partial charge in [0.1, 0.15) is 5.82 Å². The van der Waals surface area contributed by atoms with Crippen molar-refractivity contribution in [1.82, 2.24) is 9.55 Å². The molecule has 0 bridgehead atoms. The number of benzene rings is 1. The number of carbonyl (C=O) groups is 1. The van der Waals surface area contributed by atoms with E-state index in [-0.39, 0.29) is 6.47 Å². The van der Waals surface area contributed by atoms with Crippen molar-refractivity contribution in [2.24, 2.45) is 0 Å². The van der Waals surface area contributed by atoms with Crippen LogP contribution in [0.5, 0.6) is 17.2 Å². The lowest BCUT2D eigenvalue weighted by atomic mass is 10.1. The van der Waals surface area contributed by atoms with E-state index in [1.54, 1.807) is 27.5 Å². The number of carboxylic acid groups (broad SMARTS) is 1. The number of aromatic nitrogens is 2. The van der Waals surface area contributed by atoms with Gasteiger partial charge in [-0.1, -0.05) is 0 Å². The third kappa shape index (κ3) is 3.85. The second-order valence-electron chi connectivity index (χ2n) is 5.16. The fourth-order valence-electron chi connectivity index (χ4n) is 2.84. The van der Waals surface area contributed by atoms with Gasteiger partial charge in [-0.2, -0.15) is 0 Å². The van der Waals surface area contributed by atoms with Crippen molar-refractivity contribution >= 4 is 6.47 Å². The van der Waals surface area contributed by atoms with Crippen LogP contribution in [-0.4, -0.2) is 55.7 Å². The van der Waals surface area contributed by atoms with Crippen LogP contribution in [0.3, 0.4) is 0 Å². The Kier molecular flexibility index (Phi) is 6.64. The minimum absolute atomic E-state index is 0.250. The molecule has 1 aromatic heterocycles. The minimum Gasteiger partial charge on any atom is -0.493 e. The van der Waals surface area contributed by atoms with Gasteiger partial charge in [0.05, 0.1) is 39.5 Å². The first kappa shape index (κ1) is 18.6. The fourth-order valence-corrected chi connectivity index (χ4v) is 2.84. The highest BCUT2D eigenvalue weighted by Crippen LogP contribution is 2.44. The van der Waals surface area contributed by atoms with Gasteiger partial charge in [-0.15, -0.1) is 0 Å². The molecule has 136 valence electrons. The van der Waals surface area contributed by atoms with Crippen LogP contribution in [0.2, 0.25) is 0 Å².